The Bertz CT molecular complexity index is 252. The Kier molecular flexibility index (Phi) is 3.48. The van der Waals surface area contributed by atoms with Gasteiger partial charge in [-0.25, -0.2) is 0 Å². The Morgan fingerprint density at radius 3 is 2.50 bits per heavy atom. The first-order chi connectivity index (χ1) is 4.33. The van der Waals surface area contributed by atoms with Crippen LogP contribution in [0.25, 0.3) is 0 Å². The average molecular weight is 155 g/mol. The molecule has 0 radical (unpaired) electrons. The summed E-state index contributed by atoms with van der Waals surface area (Å²) in [5, 5.41) is 8.38. The molecule has 0 aliphatic heterocycles. The number of nitrogens with zero attached hydrogens (tertiary/aromatic N) is 1. The second-order valence-electron chi connectivity index (χ2n) is 1.81. The van der Waals surface area contributed by atoms with Crippen molar-refractivity contribution in [2.24, 2.45) is 0 Å². The van der Waals surface area contributed by atoms with Gasteiger partial charge in [0, 0.05) is 6.07 Å². The van der Waals surface area contributed by atoms with Gasteiger partial charge in [-0.15, -0.1) is 0 Å². The lowest BCUT2D eigenvalue weighted by Crippen LogP contribution is -3.00. The average Bonchev–Trinajstić information content (AvgIpc) is 1.88. The number of rotatable bonds is 0. The molecule has 1 aromatic carbocycles. The molecule has 10 heavy (non-hydrogen) atoms. The van der Waals surface area contributed by atoms with Crippen molar-refractivity contribution in [3.05, 3.63) is 29.8 Å². The minimum atomic E-state index is 0. The number of nitriles is 1. The maximum absolute atomic E-state index is 8.38. The van der Waals surface area contributed by atoms with Gasteiger partial charge in [-0.05, 0) is 12.1 Å². The van der Waals surface area contributed by atoms with Crippen LogP contribution < -0.4 is 18.1 Å². The smallest absolute Gasteiger partial charge is 0.129 e. The molecule has 0 amide bonds. The highest BCUT2D eigenvalue weighted by Gasteiger charge is 1.89. The van der Waals surface area contributed by atoms with E-state index in [1.54, 1.807) is 12.1 Å². The molecule has 0 bridgehead atoms. The SMILES string of the molecule is N#Cc1cccc([NH3+])c1.[Cl-]. The van der Waals surface area contributed by atoms with E-state index in [-0.39, 0.29) is 12.4 Å². The van der Waals surface area contributed by atoms with Crippen molar-refractivity contribution >= 4 is 5.69 Å². The van der Waals surface area contributed by atoms with Gasteiger partial charge < -0.3 is 18.1 Å². The number of quaternary nitrogens is 1. The van der Waals surface area contributed by atoms with Gasteiger partial charge >= 0.3 is 0 Å². The number of benzene rings is 1. The number of halogens is 1. The molecule has 0 aliphatic carbocycles. The standard InChI is InChI=1S/C7H6N2.ClH/c8-5-6-2-1-3-7(9)4-6;/h1-4H,9H2;1H. The Balaban J connectivity index is 0.000000810. The largest absolute Gasteiger partial charge is 1.00 e. The molecule has 1 aromatic rings. The summed E-state index contributed by atoms with van der Waals surface area (Å²) in [7, 11) is 0. The molecule has 0 unspecified atom stereocenters. The zero-order valence-corrected chi connectivity index (χ0v) is 6.10. The van der Waals surface area contributed by atoms with Gasteiger partial charge in [-0.1, -0.05) is 6.07 Å². The molecule has 0 spiro atoms. The van der Waals surface area contributed by atoms with Gasteiger partial charge in [-0.2, -0.15) is 5.26 Å². The van der Waals surface area contributed by atoms with E-state index in [4.69, 9.17) is 5.26 Å². The third-order valence-electron chi connectivity index (χ3n) is 1.06. The van der Waals surface area contributed by atoms with Crippen molar-refractivity contribution in [2.75, 3.05) is 0 Å². The van der Waals surface area contributed by atoms with Crippen molar-refractivity contribution in [2.45, 2.75) is 0 Å². The van der Waals surface area contributed by atoms with Crippen molar-refractivity contribution in [1.82, 2.24) is 0 Å². The van der Waals surface area contributed by atoms with E-state index < -0.39 is 0 Å². The van der Waals surface area contributed by atoms with Crippen molar-refractivity contribution in [1.29, 1.82) is 5.26 Å². The Morgan fingerprint density at radius 1 is 1.40 bits per heavy atom. The summed E-state index contributed by atoms with van der Waals surface area (Å²) in [5.41, 5.74) is 5.23. The van der Waals surface area contributed by atoms with E-state index in [1.807, 2.05) is 18.2 Å². The van der Waals surface area contributed by atoms with E-state index in [2.05, 4.69) is 5.73 Å². The van der Waals surface area contributed by atoms with E-state index in [9.17, 15) is 0 Å². The second-order valence-corrected chi connectivity index (χ2v) is 1.81. The maximum Gasteiger partial charge on any atom is 0.129 e. The van der Waals surface area contributed by atoms with Crippen LogP contribution in [-0.2, 0) is 0 Å². The summed E-state index contributed by atoms with van der Waals surface area (Å²) in [5.74, 6) is 0. The Morgan fingerprint density at radius 2 is 2.10 bits per heavy atom. The maximum atomic E-state index is 8.38. The zero-order chi connectivity index (χ0) is 6.69. The first-order valence-corrected chi connectivity index (χ1v) is 2.65. The van der Waals surface area contributed by atoms with Gasteiger partial charge in [0.25, 0.3) is 0 Å². The summed E-state index contributed by atoms with van der Waals surface area (Å²) < 4.78 is 0. The topological polar surface area (TPSA) is 51.4 Å². The lowest BCUT2D eigenvalue weighted by molar-refractivity contribution is -0.254. The normalized spacial score (nSPS) is 7.60. The van der Waals surface area contributed by atoms with Crippen LogP contribution in [-0.4, -0.2) is 0 Å². The third-order valence-corrected chi connectivity index (χ3v) is 1.06. The lowest BCUT2D eigenvalue weighted by Gasteiger charge is -1.85. The molecule has 3 N–H and O–H groups in total. The second kappa shape index (κ2) is 3.89. The van der Waals surface area contributed by atoms with Crippen LogP contribution in [0.5, 0.6) is 0 Å². The van der Waals surface area contributed by atoms with Gasteiger partial charge in [0.15, 0.2) is 0 Å². The third kappa shape index (κ3) is 2.06. The van der Waals surface area contributed by atoms with Crippen LogP contribution in [0.4, 0.5) is 5.69 Å². The molecule has 2 nitrogen and oxygen atoms in total. The quantitative estimate of drug-likeness (QED) is 0.439. The van der Waals surface area contributed by atoms with Crippen LogP contribution in [0.1, 0.15) is 5.56 Å². The first-order valence-electron chi connectivity index (χ1n) is 2.65. The minimum absolute atomic E-state index is 0. The molecule has 3 heteroatoms. The lowest BCUT2D eigenvalue weighted by atomic mass is 10.2. The fourth-order valence-electron chi connectivity index (χ4n) is 0.641. The van der Waals surface area contributed by atoms with Crippen molar-refractivity contribution in [3.63, 3.8) is 0 Å². The highest BCUT2D eigenvalue weighted by Crippen LogP contribution is 2.01. The molecule has 0 fully saturated rings. The summed E-state index contributed by atoms with van der Waals surface area (Å²) in [6, 6.07) is 9.22. The number of hydrogen-bond donors (Lipinski definition) is 1. The van der Waals surface area contributed by atoms with E-state index in [0.29, 0.717) is 5.56 Å². The first kappa shape index (κ1) is 8.96. The summed E-state index contributed by atoms with van der Waals surface area (Å²) in [6.45, 7) is 0. The Labute approximate surface area is 65.7 Å². The molecule has 1 rings (SSSR count). The minimum Gasteiger partial charge on any atom is -1.00 e. The van der Waals surface area contributed by atoms with Gasteiger partial charge in [0.05, 0.1) is 11.6 Å². The summed E-state index contributed by atoms with van der Waals surface area (Å²) in [6.07, 6.45) is 0. The zero-order valence-electron chi connectivity index (χ0n) is 5.34. The predicted octanol–water partition coefficient (Wildman–Crippen LogP) is -2.56. The van der Waals surface area contributed by atoms with Crippen LogP contribution >= 0.6 is 0 Å². The van der Waals surface area contributed by atoms with Crippen LogP contribution in [0.2, 0.25) is 0 Å². The molecular formula is C7H7ClN2. The summed E-state index contributed by atoms with van der Waals surface area (Å²) >= 11 is 0. The molecule has 52 valence electrons. The van der Waals surface area contributed by atoms with E-state index in [1.165, 1.54) is 0 Å². The summed E-state index contributed by atoms with van der Waals surface area (Å²) in [4.78, 5) is 0. The number of hydrogen-bond acceptors (Lipinski definition) is 1. The van der Waals surface area contributed by atoms with Gasteiger partial charge in [0.1, 0.15) is 5.69 Å². The molecule has 0 heterocycles. The fraction of sp³-hybridized carbons (Fsp3) is 0. The van der Waals surface area contributed by atoms with E-state index in [0.717, 1.165) is 5.69 Å². The highest BCUT2D eigenvalue weighted by molar-refractivity contribution is 5.38. The van der Waals surface area contributed by atoms with Crippen LogP contribution in [0.3, 0.4) is 0 Å². The predicted molar refractivity (Wildman–Crippen MR) is 33.7 cm³/mol. The Hall–Kier alpha value is -1.04. The van der Waals surface area contributed by atoms with Gasteiger partial charge in [0.2, 0.25) is 0 Å². The monoisotopic (exact) mass is 154 g/mol. The molecule has 0 aliphatic rings. The van der Waals surface area contributed by atoms with Gasteiger partial charge in [-0.3, -0.25) is 0 Å². The highest BCUT2D eigenvalue weighted by atomic mass is 35.5. The molecule has 0 aromatic heterocycles. The molecule has 0 saturated carbocycles. The van der Waals surface area contributed by atoms with Crippen molar-refractivity contribution in [3.8, 4) is 6.07 Å². The van der Waals surface area contributed by atoms with E-state index >= 15 is 0 Å². The van der Waals surface area contributed by atoms with Crippen LogP contribution in [0.15, 0.2) is 24.3 Å². The molecular weight excluding hydrogens is 148 g/mol. The fourth-order valence-corrected chi connectivity index (χ4v) is 0.641. The molecule has 0 atom stereocenters. The van der Waals surface area contributed by atoms with Crippen molar-refractivity contribution < 1.29 is 18.1 Å². The molecule has 0 saturated heterocycles. The van der Waals surface area contributed by atoms with Crippen LogP contribution in [0, 0.1) is 11.3 Å².